The van der Waals surface area contributed by atoms with Crippen molar-refractivity contribution in [2.75, 3.05) is 39.4 Å². The van der Waals surface area contributed by atoms with E-state index in [-0.39, 0.29) is 120 Å². The second-order valence-electron chi connectivity index (χ2n) is 17.4. The molecule has 4 aliphatic rings. The van der Waals surface area contributed by atoms with Crippen molar-refractivity contribution in [2.45, 2.75) is 90.9 Å². The first-order chi connectivity index (χ1) is 27.5. The third kappa shape index (κ3) is 10.2. The Morgan fingerprint density at radius 1 is 0.448 bits per heavy atom. The summed E-state index contributed by atoms with van der Waals surface area (Å²) in [5.74, 6) is -0.334. The van der Waals surface area contributed by atoms with Crippen molar-refractivity contribution in [3.8, 4) is 11.5 Å². The lowest BCUT2D eigenvalue weighted by molar-refractivity contribution is -0.115. The van der Waals surface area contributed by atoms with E-state index in [9.17, 15) is 28.8 Å². The Bertz CT molecular complexity index is 1920. The van der Waals surface area contributed by atoms with Gasteiger partial charge in [0, 0.05) is 61.1 Å². The van der Waals surface area contributed by atoms with E-state index < -0.39 is 0 Å². The fourth-order valence-electron chi connectivity index (χ4n) is 7.48. The lowest BCUT2D eigenvalue weighted by atomic mass is 9.79. The predicted octanol–water partition coefficient (Wildman–Crippen LogP) is 5.32. The Kier molecular flexibility index (Phi) is 12.5. The molecule has 4 amide bonds. The standard InChI is InChI=1S/C46H54N4O8/c1-45(2,3)35-19-31-15-27-23-37(51)25-29(39(27)53)17-33-21-36(46(4,5)6)22-34-18-30-26-38(52)24-28(40(30)54)16-32(20-35)41(31)57-13-11-49-43(55)47-9-7-8-10-48-44(56)50-12-14-58-42(33)34/h19-26H,7-18H2,1-6H3,(H2,47,49,55)(H2,48,50,56). The summed E-state index contributed by atoms with van der Waals surface area (Å²) in [6.45, 7) is 13.6. The zero-order valence-corrected chi connectivity index (χ0v) is 34.4. The van der Waals surface area contributed by atoms with Crippen LogP contribution in [0.3, 0.4) is 0 Å². The van der Waals surface area contributed by atoms with Crippen molar-refractivity contribution in [3.63, 3.8) is 0 Å². The number of carbonyl (C=O) groups is 6. The van der Waals surface area contributed by atoms with Gasteiger partial charge in [0.05, 0.1) is 13.1 Å². The van der Waals surface area contributed by atoms with Crippen molar-refractivity contribution < 1.29 is 38.2 Å². The average Bonchev–Trinajstić information content (AvgIpc) is 3.13. The summed E-state index contributed by atoms with van der Waals surface area (Å²) in [5, 5.41) is 11.2. The molecule has 0 fully saturated rings. The smallest absolute Gasteiger partial charge is 0.314 e. The summed E-state index contributed by atoms with van der Waals surface area (Å²) in [6.07, 6.45) is 7.02. The van der Waals surface area contributed by atoms with Gasteiger partial charge >= 0.3 is 12.1 Å². The maximum Gasteiger partial charge on any atom is 0.314 e. The van der Waals surface area contributed by atoms with Crippen LogP contribution in [0.15, 0.2) is 70.9 Å². The van der Waals surface area contributed by atoms with Gasteiger partial charge in [-0.15, -0.1) is 0 Å². The highest BCUT2D eigenvalue weighted by atomic mass is 16.5. The number of fused-ring (bicyclic) bond motifs is 2. The number of hydrogen-bond acceptors (Lipinski definition) is 8. The average molecular weight is 791 g/mol. The summed E-state index contributed by atoms with van der Waals surface area (Å²) in [5.41, 5.74) is 4.84. The van der Waals surface area contributed by atoms with Gasteiger partial charge in [-0.1, -0.05) is 65.8 Å². The van der Waals surface area contributed by atoms with Crippen molar-refractivity contribution in [2.24, 2.45) is 0 Å². The molecule has 0 saturated heterocycles. The van der Waals surface area contributed by atoms with Gasteiger partial charge in [0.1, 0.15) is 24.7 Å². The van der Waals surface area contributed by atoms with Gasteiger partial charge in [-0.2, -0.15) is 0 Å². The molecule has 0 unspecified atom stereocenters. The van der Waals surface area contributed by atoms with Crippen LogP contribution >= 0.6 is 0 Å². The molecule has 4 N–H and O–H groups in total. The number of nitrogens with one attached hydrogen (secondary N) is 4. The first-order valence-corrected chi connectivity index (χ1v) is 20.1. The first kappa shape index (κ1) is 41.8. The monoisotopic (exact) mass is 790 g/mol. The normalized spacial score (nSPS) is 19.1. The second kappa shape index (κ2) is 17.4. The molecular formula is C46H54N4O8. The number of rotatable bonds is 0. The number of ketones is 4. The molecule has 2 aromatic rings. The first-order valence-electron chi connectivity index (χ1n) is 20.1. The largest absolute Gasteiger partial charge is 0.491 e. The molecule has 0 spiro atoms. The zero-order chi connectivity index (χ0) is 41.8. The predicted molar refractivity (Wildman–Crippen MR) is 220 cm³/mol. The number of benzene rings is 2. The van der Waals surface area contributed by atoms with E-state index in [1.807, 2.05) is 24.3 Å². The summed E-state index contributed by atoms with van der Waals surface area (Å²) in [6, 6.07) is 7.13. The van der Waals surface area contributed by atoms with Crippen LogP contribution in [0.5, 0.6) is 11.5 Å². The molecule has 1 aliphatic heterocycles. The van der Waals surface area contributed by atoms with Crippen molar-refractivity contribution in [1.29, 1.82) is 0 Å². The van der Waals surface area contributed by atoms with Crippen LogP contribution in [-0.4, -0.2) is 74.6 Å². The number of ether oxygens (including phenoxy) is 2. The summed E-state index contributed by atoms with van der Waals surface area (Å²) in [7, 11) is 0. The third-order valence-electron chi connectivity index (χ3n) is 10.6. The van der Waals surface area contributed by atoms with Crippen LogP contribution in [0, 0.1) is 0 Å². The van der Waals surface area contributed by atoms with E-state index in [1.165, 1.54) is 24.3 Å². The summed E-state index contributed by atoms with van der Waals surface area (Å²) < 4.78 is 12.9. The van der Waals surface area contributed by atoms with E-state index in [1.54, 1.807) is 0 Å². The quantitative estimate of drug-likeness (QED) is 0.260. The van der Waals surface area contributed by atoms with E-state index in [2.05, 4.69) is 62.8 Å². The van der Waals surface area contributed by atoms with Gasteiger partial charge in [-0.3, -0.25) is 19.2 Å². The highest BCUT2D eigenvalue weighted by Gasteiger charge is 2.31. The van der Waals surface area contributed by atoms with Crippen molar-refractivity contribution in [3.05, 3.63) is 104 Å². The Morgan fingerprint density at radius 3 is 1.03 bits per heavy atom. The topological polar surface area (TPSA) is 169 Å². The molecule has 306 valence electrons. The van der Waals surface area contributed by atoms with Gasteiger partial charge in [-0.05, 0) is 81.4 Å². The van der Waals surface area contributed by atoms with Gasteiger partial charge in [-0.25, -0.2) is 9.59 Å². The molecule has 10 bridgehead atoms. The van der Waals surface area contributed by atoms with Gasteiger partial charge in [0.2, 0.25) is 0 Å². The van der Waals surface area contributed by atoms with E-state index in [0.29, 0.717) is 59.7 Å². The zero-order valence-electron chi connectivity index (χ0n) is 34.4. The molecule has 0 radical (unpaired) electrons. The molecule has 6 rings (SSSR count). The number of amides is 4. The lowest BCUT2D eigenvalue weighted by Crippen LogP contribution is -2.39. The van der Waals surface area contributed by atoms with Crippen LogP contribution in [0.2, 0.25) is 0 Å². The van der Waals surface area contributed by atoms with Crippen LogP contribution in [-0.2, 0) is 55.7 Å². The number of allylic oxidation sites excluding steroid dienone is 8. The Hall–Kier alpha value is -5.78. The van der Waals surface area contributed by atoms with E-state index >= 15 is 0 Å². The van der Waals surface area contributed by atoms with Gasteiger partial charge in [0.25, 0.3) is 0 Å². The van der Waals surface area contributed by atoms with Crippen LogP contribution in [0.4, 0.5) is 9.59 Å². The van der Waals surface area contributed by atoms with Gasteiger partial charge in [0.15, 0.2) is 23.1 Å². The Balaban J connectivity index is 1.54. The third-order valence-corrected chi connectivity index (χ3v) is 10.6. The van der Waals surface area contributed by atoms with Gasteiger partial charge < -0.3 is 30.7 Å². The fraction of sp³-hybridized carbons (Fsp3) is 0.435. The molecule has 12 heteroatoms. The van der Waals surface area contributed by atoms with Crippen molar-refractivity contribution >= 4 is 35.2 Å². The number of carbonyl (C=O) groups excluding carboxylic acids is 6. The van der Waals surface area contributed by atoms with E-state index in [4.69, 9.17) is 9.47 Å². The minimum atomic E-state index is -0.376. The molecule has 58 heavy (non-hydrogen) atoms. The fourth-order valence-corrected chi connectivity index (χ4v) is 7.48. The molecule has 12 nitrogen and oxygen atoms in total. The molecule has 0 aromatic heterocycles. The molecule has 1 heterocycles. The second-order valence-corrected chi connectivity index (χ2v) is 17.4. The molecular weight excluding hydrogens is 737 g/mol. The lowest BCUT2D eigenvalue weighted by Gasteiger charge is -2.27. The molecule has 0 saturated carbocycles. The van der Waals surface area contributed by atoms with Crippen LogP contribution in [0.1, 0.15) is 87.8 Å². The maximum absolute atomic E-state index is 14.5. The summed E-state index contributed by atoms with van der Waals surface area (Å²) >= 11 is 0. The highest BCUT2D eigenvalue weighted by molar-refractivity contribution is 6.21. The Labute approximate surface area is 340 Å². The minimum absolute atomic E-state index is 0.0585. The number of Topliss-reactive ketones (excluding diaryl/α,β-unsaturated/α-hetero) is 2. The maximum atomic E-state index is 14.5. The number of urea groups is 2. The molecule has 0 atom stereocenters. The van der Waals surface area contributed by atoms with Crippen LogP contribution in [0.25, 0.3) is 0 Å². The minimum Gasteiger partial charge on any atom is -0.491 e. The molecule has 2 aromatic carbocycles. The Morgan fingerprint density at radius 2 is 0.741 bits per heavy atom. The number of hydrogen-bond donors (Lipinski definition) is 4. The SMILES string of the molecule is CC(C)(C)c1cc2c3c(c1)CC1=CC(=O)C=C(Cc4cc(C(C)(C)C)cc(c4OCCNC(=O)NCCCCNC(=O)NCCO3)CC3=CC(=O)C=C(C2)C3=O)C1=O. The van der Waals surface area contributed by atoms with Crippen molar-refractivity contribution in [1.82, 2.24) is 21.3 Å². The highest BCUT2D eigenvalue weighted by Crippen LogP contribution is 2.39. The van der Waals surface area contributed by atoms with Crippen LogP contribution < -0.4 is 30.7 Å². The van der Waals surface area contributed by atoms with E-state index in [0.717, 1.165) is 11.1 Å². The summed E-state index contributed by atoms with van der Waals surface area (Å²) in [4.78, 5) is 81.1. The molecule has 3 aliphatic carbocycles.